The fourth-order valence-electron chi connectivity index (χ4n) is 4.58. The third-order valence-electron chi connectivity index (χ3n) is 6.35. The van der Waals surface area contributed by atoms with E-state index in [4.69, 9.17) is 5.11 Å². The molecule has 1 aliphatic rings. The molecular formula is C27H30N2O2. The number of aliphatic carboxylic acids is 1. The van der Waals surface area contributed by atoms with Gasteiger partial charge in [0.2, 0.25) is 0 Å². The molecule has 1 heterocycles. The molecule has 0 atom stereocenters. The van der Waals surface area contributed by atoms with Crippen LogP contribution in [0.2, 0.25) is 0 Å². The van der Waals surface area contributed by atoms with Crippen LogP contribution in [-0.4, -0.2) is 16.1 Å². The summed E-state index contributed by atoms with van der Waals surface area (Å²) in [6, 6.07) is 21.4. The van der Waals surface area contributed by atoms with Crippen molar-refractivity contribution in [3.05, 3.63) is 83.6 Å². The number of nitrogens with zero attached hydrogens (tertiary/aromatic N) is 1. The summed E-state index contributed by atoms with van der Waals surface area (Å²) < 4.78 is 0. The van der Waals surface area contributed by atoms with Gasteiger partial charge in [0, 0.05) is 24.7 Å². The van der Waals surface area contributed by atoms with Crippen LogP contribution >= 0.6 is 0 Å². The number of anilines is 1. The van der Waals surface area contributed by atoms with Gasteiger partial charge in [-0.05, 0) is 73.3 Å². The number of carboxylic acid groups (broad SMARTS) is 1. The smallest absolute Gasteiger partial charge is 0.303 e. The molecule has 4 heteroatoms. The lowest BCUT2D eigenvalue weighted by Gasteiger charge is -2.28. The maximum atomic E-state index is 10.9. The van der Waals surface area contributed by atoms with Gasteiger partial charge in [-0.25, -0.2) is 4.98 Å². The average molecular weight is 415 g/mol. The number of rotatable bonds is 7. The lowest BCUT2D eigenvalue weighted by molar-refractivity contribution is -0.138. The van der Waals surface area contributed by atoms with Gasteiger partial charge in [-0.15, -0.1) is 0 Å². The first-order chi connectivity index (χ1) is 15.1. The Bertz CT molecular complexity index is 1000. The second-order valence-corrected chi connectivity index (χ2v) is 8.71. The fourth-order valence-corrected chi connectivity index (χ4v) is 4.58. The van der Waals surface area contributed by atoms with Gasteiger partial charge in [-0.3, -0.25) is 4.79 Å². The Kier molecular flexibility index (Phi) is 6.66. The summed E-state index contributed by atoms with van der Waals surface area (Å²) in [6.45, 7) is 2.86. The first-order valence-electron chi connectivity index (χ1n) is 11.1. The summed E-state index contributed by atoms with van der Waals surface area (Å²) in [6.07, 6.45) is 6.43. The van der Waals surface area contributed by atoms with Crippen LogP contribution in [0.1, 0.15) is 54.7 Å². The number of hydrogen-bond acceptors (Lipinski definition) is 3. The van der Waals surface area contributed by atoms with E-state index in [2.05, 4.69) is 71.8 Å². The zero-order valence-corrected chi connectivity index (χ0v) is 18.1. The van der Waals surface area contributed by atoms with Crippen molar-refractivity contribution in [2.24, 2.45) is 5.92 Å². The summed E-state index contributed by atoms with van der Waals surface area (Å²) in [5.41, 5.74) is 6.15. The number of carbonyl (C=O) groups is 1. The molecule has 1 aromatic heterocycles. The van der Waals surface area contributed by atoms with Crippen LogP contribution in [0.25, 0.3) is 11.1 Å². The molecule has 1 saturated carbocycles. The predicted molar refractivity (Wildman–Crippen MR) is 125 cm³/mol. The number of nitrogens with one attached hydrogen (secondary N) is 1. The monoisotopic (exact) mass is 414 g/mol. The molecule has 0 unspecified atom stereocenters. The summed E-state index contributed by atoms with van der Waals surface area (Å²) in [5, 5.41) is 12.4. The van der Waals surface area contributed by atoms with E-state index in [1.807, 2.05) is 12.3 Å². The molecule has 0 spiro atoms. The van der Waals surface area contributed by atoms with Crippen molar-refractivity contribution in [2.45, 2.75) is 51.5 Å². The Morgan fingerprint density at radius 1 is 1.00 bits per heavy atom. The average Bonchev–Trinajstić information content (AvgIpc) is 2.78. The summed E-state index contributed by atoms with van der Waals surface area (Å²) >= 11 is 0. The van der Waals surface area contributed by atoms with E-state index in [-0.39, 0.29) is 0 Å². The van der Waals surface area contributed by atoms with Crippen LogP contribution in [0.15, 0.2) is 66.9 Å². The molecule has 3 aromatic rings. The molecule has 0 radical (unpaired) electrons. The van der Waals surface area contributed by atoms with E-state index in [0.29, 0.717) is 18.3 Å². The van der Waals surface area contributed by atoms with Crippen molar-refractivity contribution < 1.29 is 9.90 Å². The molecule has 2 aromatic carbocycles. The van der Waals surface area contributed by atoms with E-state index >= 15 is 0 Å². The van der Waals surface area contributed by atoms with Gasteiger partial charge in [-0.2, -0.15) is 0 Å². The van der Waals surface area contributed by atoms with Crippen molar-refractivity contribution in [2.75, 3.05) is 5.32 Å². The maximum Gasteiger partial charge on any atom is 0.303 e. The number of benzene rings is 2. The number of hydrogen-bond donors (Lipinski definition) is 2. The largest absolute Gasteiger partial charge is 0.481 e. The van der Waals surface area contributed by atoms with Crippen molar-refractivity contribution in [1.82, 2.24) is 4.98 Å². The lowest BCUT2D eigenvalue weighted by atomic mass is 9.77. The molecule has 4 nitrogen and oxygen atoms in total. The Balaban J connectivity index is 1.33. The SMILES string of the molecule is Cc1cccc(CNc2ccc(-c3ccc([C@H]4CC[C@H](CC(=O)O)CC4)cc3)cn2)c1. The van der Waals surface area contributed by atoms with Crippen molar-refractivity contribution in [3.8, 4) is 11.1 Å². The van der Waals surface area contributed by atoms with E-state index in [1.165, 1.54) is 22.3 Å². The van der Waals surface area contributed by atoms with Crippen LogP contribution in [0.4, 0.5) is 5.82 Å². The number of aromatic nitrogens is 1. The number of pyridine rings is 1. The second kappa shape index (κ2) is 9.78. The minimum atomic E-state index is -0.669. The zero-order chi connectivity index (χ0) is 21.6. The Morgan fingerprint density at radius 2 is 1.74 bits per heavy atom. The lowest BCUT2D eigenvalue weighted by Crippen LogP contribution is -2.16. The number of carboxylic acids is 1. The fraction of sp³-hybridized carbons (Fsp3) is 0.333. The minimum absolute atomic E-state index is 0.314. The van der Waals surface area contributed by atoms with Gasteiger partial charge in [0.05, 0.1) is 0 Å². The molecule has 1 aliphatic carbocycles. The highest BCUT2D eigenvalue weighted by Gasteiger charge is 2.23. The molecule has 31 heavy (non-hydrogen) atoms. The first kappa shape index (κ1) is 21.1. The van der Waals surface area contributed by atoms with E-state index in [1.54, 1.807) is 0 Å². The second-order valence-electron chi connectivity index (χ2n) is 8.71. The molecule has 0 bridgehead atoms. The molecule has 0 saturated heterocycles. The molecule has 0 amide bonds. The van der Waals surface area contributed by atoms with Gasteiger partial charge in [0.25, 0.3) is 0 Å². The Morgan fingerprint density at radius 3 is 2.39 bits per heavy atom. The van der Waals surface area contributed by atoms with Crippen LogP contribution < -0.4 is 5.32 Å². The minimum Gasteiger partial charge on any atom is -0.481 e. The summed E-state index contributed by atoms with van der Waals surface area (Å²) in [5.74, 6) is 1.10. The third-order valence-corrected chi connectivity index (χ3v) is 6.35. The normalized spacial score (nSPS) is 18.5. The predicted octanol–water partition coefficient (Wildman–Crippen LogP) is 6.42. The third kappa shape index (κ3) is 5.72. The number of aryl methyl sites for hydroxylation is 1. The molecule has 160 valence electrons. The molecule has 0 aliphatic heterocycles. The van der Waals surface area contributed by atoms with Gasteiger partial charge < -0.3 is 10.4 Å². The van der Waals surface area contributed by atoms with Gasteiger partial charge in [0.15, 0.2) is 0 Å². The summed E-state index contributed by atoms with van der Waals surface area (Å²) in [4.78, 5) is 15.5. The molecular weight excluding hydrogens is 384 g/mol. The van der Waals surface area contributed by atoms with Gasteiger partial charge >= 0.3 is 5.97 Å². The van der Waals surface area contributed by atoms with Crippen molar-refractivity contribution in [1.29, 1.82) is 0 Å². The highest BCUT2D eigenvalue weighted by atomic mass is 16.4. The molecule has 4 rings (SSSR count). The van der Waals surface area contributed by atoms with Crippen LogP contribution in [0, 0.1) is 12.8 Å². The van der Waals surface area contributed by atoms with Gasteiger partial charge in [-0.1, -0.05) is 54.1 Å². The highest BCUT2D eigenvalue weighted by molar-refractivity contribution is 5.67. The standard InChI is InChI=1S/C27H30N2O2/c1-19-3-2-4-21(15-19)17-28-26-14-13-25(18-29-26)24-11-9-23(10-12-24)22-7-5-20(6-8-22)16-27(30)31/h2-4,9-15,18,20,22H,5-8,16-17H2,1H3,(H,28,29)(H,30,31)/t20-,22-. The Labute approximate surface area is 184 Å². The van der Waals surface area contributed by atoms with Crippen LogP contribution in [-0.2, 0) is 11.3 Å². The quantitative estimate of drug-likeness (QED) is 0.468. The van der Waals surface area contributed by atoms with Crippen LogP contribution in [0.3, 0.4) is 0 Å². The first-order valence-corrected chi connectivity index (χ1v) is 11.1. The maximum absolute atomic E-state index is 10.9. The topological polar surface area (TPSA) is 62.2 Å². The molecule has 2 N–H and O–H groups in total. The van der Waals surface area contributed by atoms with E-state index in [9.17, 15) is 4.79 Å². The highest BCUT2D eigenvalue weighted by Crippen LogP contribution is 2.37. The summed E-state index contributed by atoms with van der Waals surface area (Å²) in [7, 11) is 0. The zero-order valence-electron chi connectivity index (χ0n) is 18.1. The Hall–Kier alpha value is -3.14. The van der Waals surface area contributed by atoms with Crippen molar-refractivity contribution >= 4 is 11.8 Å². The van der Waals surface area contributed by atoms with E-state index in [0.717, 1.165) is 43.6 Å². The van der Waals surface area contributed by atoms with Gasteiger partial charge in [0.1, 0.15) is 5.82 Å². The molecule has 1 fully saturated rings. The van der Waals surface area contributed by atoms with Crippen LogP contribution in [0.5, 0.6) is 0 Å². The van der Waals surface area contributed by atoms with E-state index < -0.39 is 5.97 Å². The van der Waals surface area contributed by atoms with Crippen molar-refractivity contribution in [3.63, 3.8) is 0 Å².